The van der Waals surface area contributed by atoms with Gasteiger partial charge in [-0.1, -0.05) is 12.7 Å². The lowest BCUT2D eigenvalue weighted by atomic mass is 10.4. The zero-order valence-corrected chi connectivity index (χ0v) is 7.08. The normalized spacial score (nSPS) is 20.0. The topological polar surface area (TPSA) is 15.7 Å². The Labute approximate surface area is 67.5 Å². The lowest BCUT2D eigenvalue weighted by Gasteiger charge is -2.28. The van der Waals surface area contributed by atoms with E-state index in [1.54, 1.807) is 5.06 Å². The highest BCUT2D eigenvalue weighted by molar-refractivity contribution is 4.96. The van der Waals surface area contributed by atoms with Gasteiger partial charge in [-0.15, -0.1) is 0 Å². The van der Waals surface area contributed by atoms with E-state index in [1.807, 2.05) is 25.2 Å². The number of hydroxylamine groups is 2. The van der Waals surface area contributed by atoms with Crippen LogP contribution in [0.5, 0.6) is 0 Å². The lowest BCUT2D eigenvalue weighted by Crippen LogP contribution is -2.28. The van der Waals surface area contributed by atoms with E-state index in [4.69, 9.17) is 4.84 Å². The van der Waals surface area contributed by atoms with Crippen molar-refractivity contribution in [2.45, 2.75) is 6.42 Å². The summed E-state index contributed by atoms with van der Waals surface area (Å²) in [6.45, 7) is 4.58. The fourth-order valence-corrected chi connectivity index (χ4v) is 0.873. The second-order valence-corrected chi connectivity index (χ2v) is 2.53. The molecular weight excluding hydrogens is 140 g/mol. The summed E-state index contributed by atoms with van der Waals surface area (Å²) in [6.07, 6.45) is 5.02. The zero-order valence-electron chi connectivity index (χ0n) is 7.08. The maximum Gasteiger partial charge on any atom is 0.125 e. The molecule has 0 aromatic rings. The lowest BCUT2D eigenvalue weighted by molar-refractivity contribution is -0.124. The van der Waals surface area contributed by atoms with Crippen LogP contribution in [-0.4, -0.2) is 30.7 Å². The summed E-state index contributed by atoms with van der Waals surface area (Å²) < 4.78 is 0. The smallest absolute Gasteiger partial charge is 0.125 e. The Kier molecular flexibility index (Phi) is 2.54. The molecule has 0 atom stereocenters. The minimum absolute atomic E-state index is 0.722. The van der Waals surface area contributed by atoms with Crippen molar-refractivity contribution in [3.63, 3.8) is 0 Å². The van der Waals surface area contributed by atoms with E-state index in [0.29, 0.717) is 0 Å². The van der Waals surface area contributed by atoms with Gasteiger partial charge < -0.3 is 4.90 Å². The van der Waals surface area contributed by atoms with Gasteiger partial charge in [0.15, 0.2) is 0 Å². The van der Waals surface area contributed by atoms with Gasteiger partial charge in [-0.2, -0.15) is 0 Å². The van der Waals surface area contributed by atoms with Crippen LogP contribution in [0.25, 0.3) is 0 Å². The average Bonchev–Trinajstić information content (AvgIpc) is 2.00. The first kappa shape index (κ1) is 8.14. The fraction of sp³-hybridized carbons (Fsp3) is 0.500. The molecule has 0 amide bonds. The third kappa shape index (κ3) is 1.98. The van der Waals surface area contributed by atoms with Gasteiger partial charge in [-0.05, 0) is 6.42 Å². The molecule has 3 nitrogen and oxygen atoms in total. The molecule has 0 bridgehead atoms. The number of rotatable bonds is 0. The molecule has 0 aromatic heterocycles. The molecule has 0 unspecified atom stereocenters. The Balaban J connectivity index is 2.64. The zero-order chi connectivity index (χ0) is 8.27. The van der Waals surface area contributed by atoms with Crippen molar-refractivity contribution in [1.82, 2.24) is 9.96 Å². The molecule has 62 valence electrons. The van der Waals surface area contributed by atoms with Gasteiger partial charge in [-0.3, -0.25) is 4.84 Å². The summed E-state index contributed by atoms with van der Waals surface area (Å²) in [5, 5.41) is 1.68. The van der Waals surface area contributed by atoms with Gasteiger partial charge in [0.2, 0.25) is 0 Å². The van der Waals surface area contributed by atoms with E-state index in [2.05, 4.69) is 12.7 Å². The fourth-order valence-electron chi connectivity index (χ4n) is 0.873. The summed E-state index contributed by atoms with van der Waals surface area (Å²) in [4.78, 5) is 7.24. The van der Waals surface area contributed by atoms with Gasteiger partial charge in [0.05, 0.1) is 6.61 Å². The van der Waals surface area contributed by atoms with Crippen LogP contribution < -0.4 is 0 Å². The maximum absolute atomic E-state index is 5.31. The maximum atomic E-state index is 5.31. The molecule has 1 aliphatic heterocycles. The number of nitrogens with zero attached hydrogens (tertiary/aromatic N) is 2. The van der Waals surface area contributed by atoms with Crippen LogP contribution in [0.2, 0.25) is 0 Å². The third-order valence-electron chi connectivity index (χ3n) is 1.67. The van der Waals surface area contributed by atoms with Crippen molar-refractivity contribution in [1.29, 1.82) is 0 Å². The summed E-state index contributed by atoms with van der Waals surface area (Å²) in [6, 6.07) is 0. The minimum Gasteiger partial charge on any atom is -0.337 e. The molecule has 3 heteroatoms. The largest absolute Gasteiger partial charge is 0.337 e. The quantitative estimate of drug-likeness (QED) is 0.521. The second kappa shape index (κ2) is 3.44. The molecule has 0 aliphatic carbocycles. The Morgan fingerprint density at radius 3 is 3.00 bits per heavy atom. The summed E-state index contributed by atoms with van der Waals surface area (Å²) in [5.74, 6) is 0.848. The highest BCUT2D eigenvalue weighted by Crippen LogP contribution is 2.08. The van der Waals surface area contributed by atoms with E-state index in [9.17, 15) is 0 Å². The molecule has 0 fully saturated rings. The Morgan fingerprint density at radius 2 is 2.27 bits per heavy atom. The van der Waals surface area contributed by atoms with Gasteiger partial charge in [0, 0.05) is 20.3 Å². The molecule has 0 saturated heterocycles. The molecule has 1 heterocycles. The molecular formula is C8H14N2O. The Morgan fingerprint density at radius 1 is 1.55 bits per heavy atom. The van der Waals surface area contributed by atoms with Gasteiger partial charge >= 0.3 is 0 Å². The summed E-state index contributed by atoms with van der Waals surface area (Å²) in [7, 11) is 3.81. The molecule has 1 aliphatic rings. The van der Waals surface area contributed by atoms with Crippen LogP contribution >= 0.6 is 0 Å². The Hall–Kier alpha value is -0.960. The monoisotopic (exact) mass is 154 g/mol. The molecule has 1 rings (SSSR count). The predicted octanol–water partition coefficient (Wildman–Crippen LogP) is 1.17. The number of hydrogen-bond acceptors (Lipinski definition) is 3. The minimum atomic E-state index is 0.722. The predicted molar refractivity (Wildman–Crippen MR) is 44.4 cm³/mol. The van der Waals surface area contributed by atoms with E-state index >= 15 is 0 Å². The Bertz CT molecular complexity index is 177. The second-order valence-electron chi connectivity index (χ2n) is 2.53. The first-order valence-corrected chi connectivity index (χ1v) is 3.67. The molecule has 0 aromatic carbocycles. The van der Waals surface area contributed by atoms with E-state index in [-0.39, 0.29) is 0 Å². The summed E-state index contributed by atoms with van der Waals surface area (Å²) >= 11 is 0. The van der Waals surface area contributed by atoms with Crippen molar-refractivity contribution in [2.75, 3.05) is 20.7 Å². The molecule has 0 spiro atoms. The van der Waals surface area contributed by atoms with Crippen LogP contribution in [0.1, 0.15) is 6.42 Å². The van der Waals surface area contributed by atoms with Crippen molar-refractivity contribution in [3.8, 4) is 0 Å². The van der Waals surface area contributed by atoms with Gasteiger partial charge in [0.25, 0.3) is 0 Å². The van der Waals surface area contributed by atoms with Crippen LogP contribution in [0.15, 0.2) is 24.7 Å². The van der Waals surface area contributed by atoms with E-state index in [0.717, 1.165) is 18.8 Å². The van der Waals surface area contributed by atoms with Gasteiger partial charge in [-0.25, -0.2) is 5.06 Å². The summed E-state index contributed by atoms with van der Waals surface area (Å²) in [5.41, 5.74) is 0. The van der Waals surface area contributed by atoms with E-state index in [1.165, 1.54) is 0 Å². The van der Waals surface area contributed by atoms with Crippen LogP contribution in [0, 0.1) is 0 Å². The van der Waals surface area contributed by atoms with Crippen LogP contribution in [0.4, 0.5) is 0 Å². The van der Waals surface area contributed by atoms with Crippen LogP contribution in [0.3, 0.4) is 0 Å². The van der Waals surface area contributed by atoms with Crippen LogP contribution in [-0.2, 0) is 4.84 Å². The average molecular weight is 154 g/mol. The third-order valence-corrected chi connectivity index (χ3v) is 1.67. The SMILES string of the molecule is C=C1N(C)C=CCCON1C. The van der Waals surface area contributed by atoms with Gasteiger partial charge in [0.1, 0.15) is 5.82 Å². The molecule has 0 radical (unpaired) electrons. The van der Waals surface area contributed by atoms with E-state index < -0.39 is 0 Å². The van der Waals surface area contributed by atoms with Crippen molar-refractivity contribution in [3.05, 3.63) is 24.7 Å². The standard InChI is InChI=1S/C8H14N2O/c1-8-9(2)6-4-5-7-11-10(8)3/h4,6H,1,5,7H2,2-3H3. The number of hydrogen-bond donors (Lipinski definition) is 0. The first-order valence-electron chi connectivity index (χ1n) is 3.67. The van der Waals surface area contributed by atoms with Crippen molar-refractivity contribution in [2.24, 2.45) is 0 Å². The first-order chi connectivity index (χ1) is 5.22. The molecule has 0 saturated carbocycles. The molecule has 0 N–H and O–H groups in total. The van der Waals surface area contributed by atoms with Crippen molar-refractivity contribution >= 4 is 0 Å². The highest BCUT2D eigenvalue weighted by atomic mass is 16.7. The van der Waals surface area contributed by atoms with Crippen molar-refractivity contribution < 1.29 is 4.84 Å². The molecule has 11 heavy (non-hydrogen) atoms. The highest BCUT2D eigenvalue weighted by Gasteiger charge is 2.06.